The van der Waals surface area contributed by atoms with Gasteiger partial charge in [0.25, 0.3) is 0 Å². The van der Waals surface area contributed by atoms with Gasteiger partial charge in [0.2, 0.25) is 0 Å². The molecule has 1 aromatic carbocycles. The third-order valence-electron chi connectivity index (χ3n) is 3.57. The zero-order valence-corrected chi connectivity index (χ0v) is 14.3. The highest BCUT2D eigenvalue weighted by molar-refractivity contribution is 5.68. The molecule has 22 heavy (non-hydrogen) atoms. The van der Waals surface area contributed by atoms with E-state index in [0.29, 0.717) is 0 Å². The van der Waals surface area contributed by atoms with Gasteiger partial charge in [0.1, 0.15) is 5.75 Å². The first-order valence-electron chi connectivity index (χ1n) is 7.19. The minimum Gasteiger partial charge on any atom is -0.507 e. The second-order valence-electron chi connectivity index (χ2n) is 7.67. The number of aliphatic carboxylic acids is 1. The normalized spacial score (nSPS) is 13.4. The van der Waals surface area contributed by atoms with E-state index in [-0.39, 0.29) is 28.5 Å². The van der Waals surface area contributed by atoms with Gasteiger partial charge in [-0.2, -0.15) is 0 Å². The lowest BCUT2D eigenvalue weighted by atomic mass is 9.77. The molecular weight excluding hydrogens is 282 g/mol. The molecule has 126 valence electrons. The summed E-state index contributed by atoms with van der Waals surface area (Å²) >= 11 is 0. The van der Waals surface area contributed by atoms with Crippen molar-refractivity contribution in [2.75, 3.05) is 0 Å². The van der Waals surface area contributed by atoms with Crippen molar-refractivity contribution < 1.29 is 20.5 Å². The number of benzene rings is 1. The molecule has 0 aromatic heterocycles. The summed E-state index contributed by atoms with van der Waals surface area (Å²) in [6, 6.07) is 3.08. The van der Waals surface area contributed by atoms with Crippen LogP contribution < -0.4 is 5.73 Å². The average Bonchev–Trinajstić information content (AvgIpc) is 2.24. The summed E-state index contributed by atoms with van der Waals surface area (Å²) in [5.41, 5.74) is 7.86. The van der Waals surface area contributed by atoms with E-state index in [2.05, 4.69) is 0 Å². The summed E-state index contributed by atoms with van der Waals surface area (Å²) in [6.45, 7) is 12.1. The Morgan fingerprint density at radius 1 is 1.09 bits per heavy atom. The Balaban J connectivity index is 0.00000441. The van der Waals surface area contributed by atoms with Crippen molar-refractivity contribution in [3.8, 4) is 5.75 Å². The maximum atomic E-state index is 10.9. The highest BCUT2D eigenvalue weighted by Gasteiger charge is 2.27. The Bertz CT molecular complexity index is 504. The quantitative estimate of drug-likeness (QED) is 0.795. The lowest BCUT2D eigenvalue weighted by molar-refractivity contribution is -0.137. The summed E-state index contributed by atoms with van der Waals surface area (Å²) in [4.78, 5) is 10.9. The van der Waals surface area contributed by atoms with E-state index in [1.165, 1.54) is 0 Å². The number of rotatable bonds is 3. The molecule has 0 spiro atoms. The molecule has 1 unspecified atom stereocenters. The predicted molar refractivity (Wildman–Crippen MR) is 88.3 cm³/mol. The topological polar surface area (TPSA) is 115 Å². The van der Waals surface area contributed by atoms with Gasteiger partial charge in [-0.3, -0.25) is 4.79 Å². The van der Waals surface area contributed by atoms with Gasteiger partial charge in [0.05, 0.1) is 6.42 Å². The van der Waals surface area contributed by atoms with Crippen molar-refractivity contribution in [1.29, 1.82) is 0 Å². The highest BCUT2D eigenvalue weighted by Crippen LogP contribution is 2.40. The second-order valence-corrected chi connectivity index (χ2v) is 7.67. The van der Waals surface area contributed by atoms with E-state index in [4.69, 9.17) is 10.8 Å². The fraction of sp³-hybridized carbons (Fsp3) is 0.588. The van der Waals surface area contributed by atoms with Gasteiger partial charge >= 0.3 is 5.97 Å². The molecule has 0 heterocycles. The molecule has 0 aliphatic heterocycles. The molecule has 0 bridgehead atoms. The van der Waals surface area contributed by atoms with E-state index in [9.17, 15) is 9.90 Å². The number of carboxylic acid groups (broad SMARTS) is 1. The van der Waals surface area contributed by atoms with Gasteiger partial charge in [-0.15, -0.1) is 0 Å². The predicted octanol–water partition coefficient (Wildman–Crippen LogP) is 2.64. The van der Waals surface area contributed by atoms with Crippen LogP contribution in [-0.2, 0) is 15.6 Å². The molecule has 0 aliphatic carbocycles. The molecule has 0 amide bonds. The number of phenols is 1. The molecule has 0 aliphatic rings. The largest absolute Gasteiger partial charge is 0.507 e. The number of phenolic OH excluding ortho intramolecular Hbond substituents is 1. The molecule has 5 nitrogen and oxygen atoms in total. The van der Waals surface area contributed by atoms with Gasteiger partial charge in [0, 0.05) is 6.04 Å². The Morgan fingerprint density at radius 2 is 1.45 bits per heavy atom. The number of carboxylic acids is 1. The van der Waals surface area contributed by atoms with Crippen molar-refractivity contribution in [1.82, 2.24) is 0 Å². The van der Waals surface area contributed by atoms with Crippen LogP contribution in [0.15, 0.2) is 12.1 Å². The molecule has 1 rings (SSSR count). The third-order valence-corrected chi connectivity index (χ3v) is 3.57. The molecule has 0 fully saturated rings. The van der Waals surface area contributed by atoms with E-state index < -0.39 is 12.0 Å². The van der Waals surface area contributed by atoms with Gasteiger partial charge in [0.15, 0.2) is 0 Å². The fourth-order valence-corrected chi connectivity index (χ4v) is 2.32. The number of carbonyl (C=O) groups is 1. The smallest absolute Gasteiger partial charge is 0.305 e. The molecule has 6 N–H and O–H groups in total. The number of hydrogen-bond donors (Lipinski definition) is 3. The number of hydrogen-bond acceptors (Lipinski definition) is 3. The number of nitrogens with two attached hydrogens (primary N) is 1. The summed E-state index contributed by atoms with van der Waals surface area (Å²) in [7, 11) is 0. The standard InChI is InChI=1S/C17H27NO3.H2O/c1-16(2,3)11-7-10(13(18)9-14(19)20)8-12(15(11)21)17(4,5)6;/h7-8,13,21H,9,18H2,1-6H3,(H,19,20);1H2. The second kappa shape index (κ2) is 6.67. The van der Waals surface area contributed by atoms with Crippen LogP contribution in [0.4, 0.5) is 0 Å². The lowest BCUT2D eigenvalue weighted by Gasteiger charge is -2.29. The van der Waals surface area contributed by atoms with Crippen LogP contribution in [0.2, 0.25) is 0 Å². The fourth-order valence-electron chi connectivity index (χ4n) is 2.32. The first kappa shape index (κ1) is 20.4. The molecular formula is C17H29NO4. The van der Waals surface area contributed by atoms with Crippen LogP contribution in [-0.4, -0.2) is 21.7 Å². The zero-order valence-electron chi connectivity index (χ0n) is 14.3. The van der Waals surface area contributed by atoms with Gasteiger partial charge in [-0.1, -0.05) is 41.5 Å². The van der Waals surface area contributed by atoms with Gasteiger partial charge < -0.3 is 21.4 Å². The SMILES string of the molecule is CC(C)(C)c1cc(C(N)CC(=O)O)cc(C(C)(C)C)c1O.O. The van der Waals surface area contributed by atoms with Crippen LogP contribution in [0, 0.1) is 0 Å². The maximum Gasteiger partial charge on any atom is 0.305 e. The Labute approximate surface area is 132 Å². The van der Waals surface area contributed by atoms with Crippen LogP contribution in [0.25, 0.3) is 0 Å². The van der Waals surface area contributed by atoms with Crippen LogP contribution >= 0.6 is 0 Å². The number of aromatic hydroxyl groups is 1. The van der Waals surface area contributed by atoms with E-state index in [1.807, 2.05) is 53.7 Å². The molecule has 5 heteroatoms. The van der Waals surface area contributed by atoms with Crippen molar-refractivity contribution in [2.24, 2.45) is 5.73 Å². The first-order valence-corrected chi connectivity index (χ1v) is 7.19. The van der Waals surface area contributed by atoms with Crippen molar-refractivity contribution >= 4 is 5.97 Å². The van der Waals surface area contributed by atoms with Crippen LogP contribution in [0.3, 0.4) is 0 Å². The summed E-state index contributed by atoms with van der Waals surface area (Å²) < 4.78 is 0. The monoisotopic (exact) mass is 311 g/mol. The Morgan fingerprint density at radius 3 is 1.73 bits per heavy atom. The van der Waals surface area contributed by atoms with Gasteiger partial charge in [-0.05, 0) is 39.7 Å². The van der Waals surface area contributed by atoms with E-state index in [0.717, 1.165) is 16.7 Å². The molecule has 1 aromatic rings. The molecule has 0 saturated heterocycles. The third kappa shape index (κ3) is 4.71. The van der Waals surface area contributed by atoms with Crippen molar-refractivity contribution in [2.45, 2.75) is 64.8 Å². The average molecular weight is 311 g/mol. The van der Waals surface area contributed by atoms with Crippen molar-refractivity contribution in [3.05, 3.63) is 28.8 Å². The zero-order chi connectivity index (χ0) is 16.6. The molecule has 0 saturated carbocycles. The van der Waals surface area contributed by atoms with E-state index >= 15 is 0 Å². The van der Waals surface area contributed by atoms with Crippen LogP contribution in [0.5, 0.6) is 5.75 Å². The lowest BCUT2D eigenvalue weighted by Crippen LogP contribution is -2.21. The van der Waals surface area contributed by atoms with E-state index in [1.54, 1.807) is 0 Å². The highest BCUT2D eigenvalue weighted by atomic mass is 16.4. The molecule has 1 atom stereocenters. The minimum atomic E-state index is -0.926. The van der Waals surface area contributed by atoms with Crippen molar-refractivity contribution in [3.63, 3.8) is 0 Å². The Hall–Kier alpha value is -1.59. The van der Waals surface area contributed by atoms with Crippen LogP contribution in [0.1, 0.15) is 70.7 Å². The van der Waals surface area contributed by atoms with Gasteiger partial charge in [-0.25, -0.2) is 0 Å². The minimum absolute atomic E-state index is 0. The summed E-state index contributed by atoms with van der Waals surface area (Å²) in [5, 5.41) is 19.5. The molecule has 0 radical (unpaired) electrons. The summed E-state index contributed by atoms with van der Waals surface area (Å²) in [6.07, 6.45) is -0.127. The first-order chi connectivity index (χ1) is 9.34. The maximum absolute atomic E-state index is 10.9. The Kier molecular flexibility index (Phi) is 6.19. The summed E-state index contributed by atoms with van der Waals surface area (Å²) in [5.74, 6) is -0.647.